The molecule has 26 heavy (non-hydrogen) atoms. The maximum absolute atomic E-state index is 12.0. The highest BCUT2D eigenvalue weighted by molar-refractivity contribution is 6.33. The number of nitrogens with zero attached hydrogens (tertiary/aromatic N) is 2. The Morgan fingerprint density at radius 2 is 1.88 bits per heavy atom. The van der Waals surface area contributed by atoms with Crippen LogP contribution in [0.1, 0.15) is 46.9 Å². The Balaban J connectivity index is 2.03. The maximum atomic E-state index is 12.0. The monoisotopic (exact) mass is 376 g/mol. The van der Waals surface area contributed by atoms with Gasteiger partial charge in [0, 0.05) is 18.9 Å². The van der Waals surface area contributed by atoms with Gasteiger partial charge in [0.15, 0.2) is 0 Å². The van der Waals surface area contributed by atoms with Crippen LogP contribution in [0, 0.1) is 0 Å². The quantitative estimate of drug-likeness (QED) is 0.540. The number of nitrogens with one attached hydrogen (secondary N) is 2. The van der Waals surface area contributed by atoms with Gasteiger partial charge in [-0.05, 0) is 24.6 Å². The summed E-state index contributed by atoms with van der Waals surface area (Å²) in [6.45, 7) is 2.73. The highest BCUT2D eigenvalue weighted by Crippen LogP contribution is 2.25. The summed E-state index contributed by atoms with van der Waals surface area (Å²) in [6.07, 6.45) is 5.98. The predicted octanol–water partition coefficient (Wildman–Crippen LogP) is 3.58. The van der Waals surface area contributed by atoms with Crippen LogP contribution in [0.4, 0.5) is 11.6 Å². The molecule has 0 aliphatic heterocycles. The van der Waals surface area contributed by atoms with Crippen molar-refractivity contribution in [2.45, 2.75) is 26.2 Å². The number of amides is 1. The summed E-state index contributed by atoms with van der Waals surface area (Å²) in [7, 11) is 1.30. The fraction of sp³-hybridized carbons (Fsp3) is 0.333. The number of benzene rings is 1. The molecule has 1 amide bonds. The number of anilines is 2. The molecule has 1 aromatic heterocycles. The number of aromatic nitrogens is 2. The molecule has 0 saturated carbocycles. The van der Waals surface area contributed by atoms with E-state index < -0.39 is 5.97 Å². The van der Waals surface area contributed by atoms with Crippen LogP contribution in [0.5, 0.6) is 0 Å². The van der Waals surface area contributed by atoms with E-state index in [2.05, 4.69) is 32.3 Å². The van der Waals surface area contributed by atoms with Gasteiger partial charge in [0.2, 0.25) is 5.95 Å². The molecular weight excluding hydrogens is 356 g/mol. The number of carbonyl (C=O) groups is 2. The van der Waals surface area contributed by atoms with Gasteiger partial charge in [0.1, 0.15) is 0 Å². The average Bonchev–Trinajstić information content (AvgIpc) is 2.66. The summed E-state index contributed by atoms with van der Waals surface area (Å²) in [5, 5.41) is 6.15. The van der Waals surface area contributed by atoms with Crippen molar-refractivity contribution in [3.8, 4) is 0 Å². The number of hydrogen-bond acceptors (Lipinski definition) is 6. The smallest absolute Gasteiger partial charge is 0.337 e. The van der Waals surface area contributed by atoms with Gasteiger partial charge in [0.05, 0.1) is 28.9 Å². The van der Waals surface area contributed by atoms with Crippen molar-refractivity contribution in [1.29, 1.82) is 0 Å². The van der Waals surface area contributed by atoms with Crippen molar-refractivity contribution in [1.82, 2.24) is 15.3 Å². The van der Waals surface area contributed by atoms with Crippen molar-refractivity contribution < 1.29 is 14.3 Å². The Morgan fingerprint density at radius 3 is 2.54 bits per heavy atom. The normalized spacial score (nSPS) is 10.3. The first-order valence-corrected chi connectivity index (χ1v) is 8.68. The fourth-order valence-corrected chi connectivity index (χ4v) is 2.34. The average molecular weight is 377 g/mol. The number of hydrogen-bond donors (Lipinski definition) is 2. The third-order valence-corrected chi connectivity index (χ3v) is 3.94. The molecule has 8 heteroatoms. The van der Waals surface area contributed by atoms with Crippen LogP contribution in [0.15, 0.2) is 30.6 Å². The minimum atomic E-state index is -0.472. The van der Waals surface area contributed by atoms with E-state index in [1.54, 1.807) is 18.2 Å². The number of unbranched alkanes of at least 4 members (excludes halogenated alkanes) is 2. The zero-order valence-corrected chi connectivity index (χ0v) is 15.5. The summed E-state index contributed by atoms with van der Waals surface area (Å²) in [5.74, 6) is -0.421. The number of ether oxygens (including phenoxy) is 1. The summed E-state index contributed by atoms with van der Waals surface area (Å²) in [5.41, 5.74) is 1.19. The second-order valence-corrected chi connectivity index (χ2v) is 5.98. The zero-order chi connectivity index (χ0) is 18.9. The molecule has 0 aliphatic rings. The minimum absolute atomic E-state index is 0.210. The molecule has 1 aromatic carbocycles. The molecule has 0 radical (unpaired) electrons. The van der Waals surface area contributed by atoms with Gasteiger partial charge in [0.25, 0.3) is 5.91 Å². The Labute approximate surface area is 157 Å². The molecule has 2 N–H and O–H groups in total. The van der Waals surface area contributed by atoms with Crippen molar-refractivity contribution in [2.75, 3.05) is 19.0 Å². The molecule has 1 heterocycles. The Kier molecular flexibility index (Phi) is 7.35. The number of halogens is 1. The van der Waals surface area contributed by atoms with Crippen LogP contribution in [0.2, 0.25) is 5.02 Å². The van der Waals surface area contributed by atoms with Crippen molar-refractivity contribution in [3.63, 3.8) is 0 Å². The van der Waals surface area contributed by atoms with E-state index in [0.717, 1.165) is 19.3 Å². The Hall–Kier alpha value is -2.67. The van der Waals surface area contributed by atoms with Gasteiger partial charge in [-0.3, -0.25) is 4.79 Å². The third-order valence-electron chi connectivity index (χ3n) is 3.61. The molecule has 0 saturated heterocycles. The first-order valence-electron chi connectivity index (χ1n) is 8.30. The minimum Gasteiger partial charge on any atom is -0.465 e. The van der Waals surface area contributed by atoms with E-state index in [0.29, 0.717) is 28.4 Å². The molecule has 0 spiro atoms. The lowest BCUT2D eigenvalue weighted by atomic mass is 10.2. The van der Waals surface area contributed by atoms with E-state index in [4.69, 9.17) is 11.6 Å². The molecule has 0 fully saturated rings. The van der Waals surface area contributed by atoms with Crippen molar-refractivity contribution in [3.05, 3.63) is 46.7 Å². The topological polar surface area (TPSA) is 93.2 Å². The van der Waals surface area contributed by atoms with Gasteiger partial charge < -0.3 is 15.4 Å². The standard InChI is InChI=1S/C18H21ClN4O3/c1-3-4-5-8-20-16(24)13-10-21-18(22-11-13)23-15-9-12(17(25)26-2)6-7-14(15)19/h6-7,9-11H,3-5,8H2,1-2H3,(H,20,24)(H,21,22,23). The van der Waals surface area contributed by atoms with Crippen LogP contribution in [-0.4, -0.2) is 35.5 Å². The Bertz CT molecular complexity index is 766. The van der Waals surface area contributed by atoms with Gasteiger partial charge in [-0.1, -0.05) is 31.4 Å². The van der Waals surface area contributed by atoms with E-state index in [-0.39, 0.29) is 11.9 Å². The predicted molar refractivity (Wildman–Crippen MR) is 100.0 cm³/mol. The van der Waals surface area contributed by atoms with E-state index >= 15 is 0 Å². The maximum Gasteiger partial charge on any atom is 0.337 e. The van der Waals surface area contributed by atoms with Crippen LogP contribution in [-0.2, 0) is 4.74 Å². The molecule has 0 aliphatic carbocycles. The molecule has 0 bridgehead atoms. The number of methoxy groups -OCH3 is 1. The third kappa shape index (κ3) is 5.42. The summed E-state index contributed by atoms with van der Waals surface area (Å²) >= 11 is 6.12. The number of esters is 1. The fourth-order valence-electron chi connectivity index (χ4n) is 2.18. The highest BCUT2D eigenvalue weighted by Gasteiger charge is 2.11. The lowest BCUT2D eigenvalue weighted by Gasteiger charge is -2.09. The number of carbonyl (C=O) groups excluding carboxylic acids is 2. The van der Waals surface area contributed by atoms with Crippen LogP contribution >= 0.6 is 11.6 Å². The number of rotatable bonds is 8. The van der Waals surface area contributed by atoms with Crippen molar-refractivity contribution in [2.24, 2.45) is 0 Å². The first kappa shape index (κ1) is 19.7. The lowest BCUT2D eigenvalue weighted by molar-refractivity contribution is 0.0600. The van der Waals surface area contributed by atoms with Gasteiger partial charge in [-0.2, -0.15) is 0 Å². The van der Waals surface area contributed by atoms with Crippen molar-refractivity contribution >= 4 is 35.1 Å². The summed E-state index contributed by atoms with van der Waals surface area (Å²) in [4.78, 5) is 31.8. The highest BCUT2D eigenvalue weighted by atomic mass is 35.5. The molecule has 2 aromatic rings. The largest absolute Gasteiger partial charge is 0.465 e. The first-order chi connectivity index (χ1) is 12.5. The van der Waals surface area contributed by atoms with E-state index in [9.17, 15) is 9.59 Å². The zero-order valence-electron chi connectivity index (χ0n) is 14.7. The second-order valence-electron chi connectivity index (χ2n) is 5.57. The van der Waals surface area contributed by atoms with Gasteiger partial charge in [-0.25, -0.2) is 14.8 Å². The Morgan fingerprint density at radius 1 is 1.15 bits per heavy atom. The molecular formula is C18H21ClN4O3. The van der Waals surface area contributed by atoms with Crippen LogP contribution in [0.25, 0.3) is 0 Å². The van der Waals surface area contributed by atoms with Gasteiger partial charge in [-0.15, -0.1) is 0 Å². The molecule has 0 unspecified atom stereocenters. The molecule has 7 nitrogen and oxygen atoms in total. The van der Waals surface area contributed by atoms with Gasteiger partial charge >= 0.3 is 5.97 Å². The summed E-state index contributed by atoms with van der Waals surface area (Å²) < 4.78 is 4.69. The lowest BCUT2D eigenvalue weighted by Crippen LogP contribution is -2.24. The molecule has 138 valence electrons. The SMILES string of the molecule is CCCCCNC(=O)c1cnc(Nc2cc(C(=O)OC)ccc2Cl)nc1. The van der Waals surface area contributed by atoms with E-state index in [1.165, 1.54) is 19.5 Å². The molecule has 2 rings (SSSR count). The molecule has 0 atom stereocenters. The second kappa shape index (κ2) is 9.72. The summed E-state index contributed by atoms with van der Waals surface area (Å²) in [6, 6.07) is 4.69. The van der Waals surface area contributed by atoms with E-state index in [1.807, 2.05) is 0 Å². The van der Waals surface area contributed by atoms with Crippen LogP contribution < -0.4 is 10.6 Å². The van der Waals surface area contributed by atoms with Crippen LogP contribution in [0.3, 0.4) is 0 Å².